The molecule has 3 amide bonds. The second-order valence-corrected chi connectivity index (χ2v) is 7.15. The van der Waals surface area contributed by atoms with Crippen molar-refractivity contribution in [3.05, 3.63) is 71.3 Å². The predicted octanol–water partition coefficient (Wildman–Crippen LogP) is 2.39. The molecule has 0 atom stereocenters. The lowest BCUT2D eigenvalue weighted by atomic mass is 10.1. The zero-order chi connectivity index (χ0) is 19.4. The van der Waals surface area contributed by atoms with Crippen molar-refractivity contribution in [1.29, 1.82) is 0 Å². The van der Waals surface area contributed by atoms with Gasteiger partial charge in [-0.3, -0.25) is 19.3 Å². The molecule has 0 spiro atoms. The predicted molar refractivity (Wildman–Crippen MR) is 100 cm³/mol. The summed E-state index contributed by atoms with van der Waals surface area (Å²) in [6, 6.07) is 16.3. The van der Waals surface area contributed by atoms with Crippen LogP contribution in [0.1, 0.15) is 40.1 Å². The van der Waals surface area contributed by atoms with E-state index in [0.717, 1.165) is 10.5 Å². The molecular weight excluding hydrogens is 344 g/mol. The molecule has 0 bridgehead atoms. The molecule has 3 rings (SSSR count). The van der Waals surface area contributed by atoms with E-state index >= 15 is 0 Å². The van der Waals surface area contributed by atoms with Gasteiger partial charge in [-0.15, -0.1) is 0 Å². The van der Waals surface area contributed by atoms with Crippen molar-refractivity contribution in [2.45, 2.75) is 26.0 Å². The molecule has 6 heteroatoms. The van der Waals surface area contributed by atoms with Crippen molar-refractivity contribution in [3.8, 4) is 0 Å². The van der Waals surface area contributed by atoms with Gasteiger partial charge in [-0.25, -0.2) is 0 Å². The maximum Gasteiger partial charge on any atom is 0.262 e. The number of imide groups is 1. The van der Waals surface area contributed by atoms with E-state index in [-0.39, 0.29) is 6.54 Å². The number of carbonyl (C=O) groups excluding carboxylic acids is 3. The van der Waals surface area contributed by atoms with Crippen LogP contribution in [0.25, 0.3) is 0 Å². The number of fused-ring (bicyclic) bond motifs is 1. The molecular formula is C21H22N2O4. The van der Waals surface area contributed by atoms with Crippen LogP contribution in [0.15, 0.2) is 54.6 Å². The van der Waals surface area contributed by atoms with E-state index in [4.69, 9.17) is 4.74 Å². The first-order chi connectivity index (χ1) is 12.9. The number of nitrogens with one attached hydrogen (secondary N) is 1. The first-order valence-corrected chi connectivity index (χ1v) is 8.75. The maximum absolute atomic E-state index is 12.4. The van der Waals surface area contributed by atoms with Crippen LogP contribution < -0.4 is 5.32 Å². The Morgan fingerprint density at radius 3 is 2.11 bits per heavy atom. The van der Waals surface area contributed by atoms with Crippen LogP contribution >= 0.6 is 0 Å². The fourth-order valence-corrected chi connectivity index (χ4v) is 2.98. The lowest BCUT2D eigenvalue weighted by Gasteiger charge is -2.27. The van der Waals surface area contributed by atoms with Crippen molar-refractivity contribution in [2.24, 2.45) is 0 Å². The molecule has 140 valence electrons. The highest BCUT2D eigenvalue weighted by molar-refractivity contribution is 6.22. The molecule has 27 heavy (non-hydrogen) atoms. The van der Waals surface area contributed by atoms with E-state index in [0.29, 0.717) is 24.3 Å². The van der Waals surface area contributed by atoms with Gasteiger partial charge in [-0.2, -0.15) is 0 Å². The van der Waals surface area contributed by atoms with Crippen molar-refractivity contribution >= 4 is 17.7 Å². The van der Waals surface area contributed by atoms with E-state index in [1.165, 1.54) is 0 Å². The van der Waals surface area contributed by atoms with Crippen molar-refractivity contribution in [1.82, 2.24) is 10.2 Å². The Morgan fingerprint density at radius 1 is 0.963 bits per heavy atom. The summed E-state index contributed by atoms with van der Waals surface area (Å²) in [5, 5.41) is 2.83. The highest BCUT2D eigenvalue weighted by Crippen LogP contribution is 2.22. The van der Waals surface area contributed by atoms with Crippen LogP contribution in [-0.4, -0.2) is 41.3 Å². The Balaban J connectivity index is 1.52. The molecule has 0 radical (unpaired) electrons. The van der Waals surface area contributed by atoms with Crippen LogP contribution in [0.4, 0.5) is 0 Å². The number of rotatable bonds is 7. The van der Waals surface area contributed by atoms with Gasteiger partial charge in [0.15, 0.2) is 0 Å². The van der Waals surface area contributed by atoms with Crippen molar-refractivity contribution in [2.75, 3.05) is 13.2 Å². The van der Waals surface area contributed by atoms with E-state index in [2.05, 4.69) is 5.32 Å². The minimum absolute atomic E-state index is 0.301. The lowest BCUT2D eigenvalue weighted by Crippen LogP contribution is -2.51. The van der Waals surface area contributed by atoms with E-state index in [9.17, 15) is 14.4 Å². The van der Waals surface area contributed by atoms with E-state index < -0.39 is 23.3 Å². The number of ether oxygens (including phenoxy) is 1. The number of carbonyl (C=O) groups is 3. The summed E-state index contributed by atoms with van der Waals surface area (Å²) < 4.78 is 5.69. The molecule has 1 N–H and O–H groups in total. The second-order valence-electron chi connectivity index (χ2n) is 7.15. The molecule has 1 aliphatic rings. The fraction of sp³-hybridized carbons (Fsp3) is 0.286. The molecule has 1 aliphatic heterocycles. The van der Waals surface area contributed by atoms with Gasteiger partial charge in [-0.05, 0) is 31.5 Å². The quantitative estimate of drug-likeness (QED) is 0.764. The summed E-state index contributed by atoms with van der Waals surface area (Å²) in [5.74, 6) is -1.29. The van der Waals surface area contributed by atoms with Gasteiger partial charge in [0.05, 0.1) is 29.9 Å². The molecule has 2 aromatic rings. The van der Waals surface area contributed by atoms with Gasteiger partial charge in [0, 0.05) is 0 Å². The Labute approximate surface area is 158 Å². The molecule has 0 saturated heterocycles. The zero-order valence-corrected chi connectivity index (χ0v) is 15.4. The van der Waals surface area contributed by atoms with Crippen LogP contribution in [0.2, 0.25) is 0 Å². The van der Waals surface area contributed by atoms with Gasteiger partial charge < -0.3 is 10.1 Å². The molecule has 0 aromatic heterocycles. The van der Waals surface area contributed by atoms with Crippen LogP contribution in [0, 0.1) is 0 Å². The summed E-state index contributed by atoms with van der Waals surface area (Å²) >= 11 is 0. The molecule has 6 nitrogen and oxygen atoms in total. The smallest absolute Gasteiger partial charge is 0.262 e. The number of nitrogens with zero attached hydrogens (tertiary/aromatic N) is 1. The first-order valence-electron chi connectivity index (χ1n) is 8.75. The summed E-state index contributed by atoms with van der Waals surface area (Å²) in [7, 11) is 0. The Kier molecular flexibility index (Phi) is 5.37. The average Bonchev–Trinajstić information content (AvgIpc) is 2.87. The van der Waals surface area contributed by atoms with Gasteiger partial charge >= 0.3 is 0 Å². The normalized spacial score (nSPS) is 13.6. The molecule has 0 aliphatic carbocycles. The lowest BCUT2D eigenvalue weighted by molar-refractivity contribution is -0.123. The standard InChI is InChI=1S/C21H22N2O4/c1-21(2,14-27-13-15-8-4-3-5-9-15)22-18(24)12-23-19(25)16-10-6-7-11-17(16)20(23)26/h3-11H,12-14H2,1-2H3,(H,22,24). The summed E-state index contributed by atoms with van der Waals surface area (Å²) in [5.41, 5.74) is 1.08. The third kappa shape index (κ3) is 4.41. The number of amides is 3. The SMILES string of the molecule is CC(C)(COCc1ccccc1)NC(=O)CN1C(=O)c2ccccc2C1=O. The fourth-order valence-electron chi connectivity index (χ4n) is 2.98. The zero-order valence-electron chi connectivity index (χ0n) is 15.4. The summed E-state index contributed by atoms with van der Waals surface area (Å²) in [4.78, 5) is 38.0. The van der Waals surface area contributed by atoms with Gasteiger partial charge in [0.25, 0.3) is 11.8 Å². The topological polar surface area (TPSA) is 75.7 Å². The Morgan fingerprint density at radius 2 is 1.52 bits per heavy atom. The summed E-state index contributed by atoms with van der Waals surface area (Å²) in [6.07, 6.45) is 0. The third-order valence-electron chi connectivity index (χ3n) is 4.23. The van der Waals surface area contributed by atoms with Crippen molar-refractivity contribution in [3.63, 3.8) is 0 Å². The minimum Gasteiger partial charge on any atom is -0.374 e. The molecule has 2 aromatic carbocycles. The molecule has 1 heterocycles. The minimum atomic E-state index is -0.634. The maximum atomic E-state index is 12.4. The highest BCUT2D eigenvalue weighted by atomic mass is 16.5. The average molecular weight is 366 g/mol. The monoisotopic (exact) mass is 366 g/mol. The number of hydrogen-bond acceptors (Lipinski definition) is 4. The van der Waals surface area contributed by atoms with Crippen molar-refractivity contribution < 1.29 is 19.1 Å². The largest absolute Gasteiger partial charge is 0.374 e. The van der Waals surface area contributed by atoms with Crippen LogP contribution in [-0.2, 0) is 16.1 Å². The Bertz CT molecular complexity index is 826. The molecule has 0 saturated carbocycles. The van der Waals surface area contributed by atoms with E-state index in [1.54, 1.807) is 24.3 Å². The second kappa shape index (κ2) is 7.72. The Hall–Kier alpha value is -2.99. The summed E-state index contributed by atoms with van der Waals surface area (Å²) in [6.45, 7) is 4.10. The first kappa shape index (κ1) is 18.8. The van der Waals surface area contributed by atoms with Gasteiger partial charge in [0.1, 0.15) is 6.54 Å². The number of hydrogen-bond donors (Lipinski definition) is 1. The third-order valence-corrected chi connectivity index (χ3v) is 4.23. The van der Waals surface area contributed by atoms with Gasteiger partial charge in [-0.1, -0.05) is 42.5 Å². The molecule has 0 unspecified atom stereocenters. The van der Waals surface area contributed by atoms with E-state index in [1.807, 2.05) is 44.2 Å². The van der Waals surface area contributed by atoms with Crippen LogP contribution in [0.5, 0.6) is 0 Å². The van der Waals surface area contributed by atoms with Gasteiger partial charge in [0.2, 0.25) is 5.91 Å². The number of benzene rings is 2. The highest BCUT2D eigenvalue weighted by Gasteiger charge is 2.36. The molecule has 0 fully saturated rings. The van der Waals surface area contributed by atoms with Crippen LogP contribution in [0.3, 0.4) is 0 Å².